The first-order chi connectivity index (χ1) is 14.4. The van der Waals surface area contributed by atoms with Crippen LogP contribution in [0.3, 0.4) is 0 Å². The summed E-state index contributed by atoms with van der Waals surface area (Å²) in [5.41, 5.74) is 4.47. The van der Waals surface area contributed by atoms with Crippen LogP contribution < -0.4 is 10.0 Å². The van der Waals surface area contributed by atoms with E-state index in [-0.39, 0.29) is 18.1 Å². The number of hydrogen-bond acceptors (Lipinski definition) is 3. The topological polar surface area (TPSA) is 73.1 Å². The lowest BCUT2D eigenvalue weighted by Gasteiger charge is -2.11. The molecule has 1 heterocycles. The molecule has 2 aromatic carbocycles. The van der Waals surface area contributed by atoms with Crippen LogP contribution in [-0.4, -0.2) is 11.7 Å². The number of rotatable bonds is 6. The first-order valence-electron chi connectivity index (χ1n) is 9.83. The summed E-state index contributed by atoms with van der Waals surface area (Å²) in [5, 5.41) is 15.9. The minimum absolute atomic E-state index is 0.0371. The fourth-order valence-electron chi connectivity index (χ4n) is 3.49. The Hall–Kier alpha value is -3.18. The van der Waals surface area contributed by atoms with Crippen molar-refractivity contribution in [2.24, 2.45) is 0 Å². The molecule has 1 N–H and O–H groups in total. The van der Waals surface area contributed by atoms with E-state index in [0.717, 1.165) is 28.7 Å². The summed E-state index contributed by atoms with van der Waals surface area (Å²) < 4.78 is 0.741. The van der Waals surface area contributed by atoms with Crippen molar-refractivity contribution in [1.29, 1.82) is 0 Å². The van der Waals surface area contributed by atoms with E-state index in [1.807, 2.05) is 24.3 Å². The Morgan fingerprint density at radius 3 is 2.47 bits per heavy atom. The molecule has 1 aliphatic carbocycles. The summed E-state index contributed by atoms with van der Waals surface area (Å²) in [6, 6.07) is 16.0. The Bertz CT molecular complexity index is 1120. The summed E-state index contributed by atoms with van der Waals surface area (Å²) in [6.45, 7) is 1.49. The average molecular weight is 421 g/mol. The zero-order valence-corrected chi connectivity index (χ0v) is 17.3. The smallest absolute Gasteiger partial charge is 0.235 e. The molecule has 0 bridgehead atoms. The van der Waals surface area contributed by atoms with Crippen LogP contribution >= 0.6 is 11.6 Å². The van der Waals surface area contributed by atoms with E-state index >= 15 is 0 Å². The van der Waals surface area contributed by atoms with E-state index in [4.69, 9.17) is 11.6 Å². The highest BCUT2D eigenvalue weighted by Gasteiger charge is 2.27. The largest absolute Gasteiger partial charge is 0.618 e. The third-order valence-corrected chi connectivity index (χ3v) is 5.49. The van der Waals surface area contributed by atoms with E-state index in [2.05, 4.69) is 5.32 Å². The molecular weight excluding hydrogens is 400 g/mol. The second-order valence-corrected chi connectivity index (χ2v) is 8.04. The minimum atomic E-state index is -0.302. The maximum Gasteiger partial charge on any atom is 0.235 e. The van der Waals surface area contributed by atoms with Crippen LogP contribution in [0.15, 0.2) is 60.8 Å². The predicted molar refractivity (Wildman–Crippen MR) is 117 cm³/mol. The Labute approximate surface area is 179 Å². The van der Waals surface area contributed by atoms with Crippen molar-refractivity contribution >= 4 is 29.0 Å². The molecule has 0 spiro atoms. The molecule has 1 fully saturated rings. The van der Waals surface area contributed by atoms with Crippen molar-refractivity contribution < 1.29 is 14.3 Å². The Kier molecular flexibility index (Phi) is 5.55. The zero-order valence-electron chi connectivity index (χ0n) is 16.5. The summed E-state index contributed by atoms with van der Waals surface area (Å²) in [6.07, 6.45) is 3.75. The van der Waals surface area contributed by atoms with Gasteiger partial charge in [-0.2, -0.15) is 4.73 Å². The first-order valence-corrected chi connectivity index (χ1v) is 10.2. The molecular formula is C24H21ClN2O3. The number of nitrogens with one attached hydrogen (secondary N) is 1. The number of anilines is 1. The number of carbonyl (C=O) groups is 2. The van der Waals surface area contributed by atoms with Gasteiger partial charge >= 0.3 is 0 Å². The normalized spacial score (nSPS) is 13.1. The molecule has 0 saturated heterocycles. The fraction of sp³-hybridized carbons (Fsp3) is 0.208. The number of aromatic nitrogens is 1. The molecule has 1 saturated carbocycles. The number of ketones is 1. The van der Waals surface area contributed by atoms with Crippen molar-refractivity contribution in [1.82, 2.24) is 0 Å². The second-order valence-electron chi connectivity index (χ2n) is 7.60. The van der Waals surface area contributed by atoms with E-state index < -0.39 is 0 Å². The molecule has 0 unspecified atom stereocenters. The molecule has 4 rings (SSSR count). The lowest BCUT2D eigenvalue weighted by atomic mass is 9.97. The van der Waals surface area contributed by atoms with Crippen LogP contribution in [0.2, 0.25) is 5.02 Å². The van der Waals surface area contributed by atoms with Gasteiger partial charge in [-0.3, -0.25) is 9.59 Å². The molecule has 0 radical (unpaired) electrons. The number of benzene rings is 2. The molecule has 30 heavy (non-hydrogen) atoms. The monoisotopic (exact) mass is 420 g/mol. The number of pyridine rings is 1. The molecule has 1 aliphatic rings. The number of nitrogens with zero attached hydrogens (tertiary/aromatic N) is 1. The van der Waals surface area contributed by atoms with Crippen LogP contribution in [-0.2, 0) is 11.2 Å². The first kappa shape index (κ1) is 20.1. The van der Waals surface area contributed by atoms with Crippen molar-refractivity contribution in [3.8, 4) is 11.1 Å². The second kappa shape index (κ2) is 8.28. The average Bonchev–Trinajstić information content (AvgIpc) is 3.55. The lowest BCUT2D eigenvalue weighted by Crippen LogP contribution is -2.34. The van der Waals surface area contributed by atoms with Gasteiger partial charge in [0.05, 0.1) is 0 Å². The summed E-state index contributed by atoms with van der Waals surface area (Å²) in [7, 11) is 0. The van der Waals surface area contributed by atoms with Gasteiger partial charge in [0.25, 0.3) is 0 Å². The zero-order chi connectivity index (χ0) is 21.3. The van der Waals surface area contributed by atoms with Crippen molar-refractivity contribution in [3.05, 3.63) is 87.8 Å². The summed E-state index contributed by atoms with van der Waals surface area (Å²) in [5.74, 6) is 0.187. The van der Waals surface area contributed by atoms with Crippen LogP contribution in [0.4, 0.5) is 5.69 Å². The van der Waals surface area contributed by atoms with Crippen LogP contribution in [0, 0.1) is 5.21 Å². The summed E-state index contributed by atoms with van der Waals surface area (Å²) >= 11 is 6.18. The van der Waals surface area contributed by atoms with Gasteiger partial charge < -0.3 is 10.5 Å². The van der Waals surface area contributed by atoms with Gasteiger partial charge in [0, 0.05) is 27.9 Å². The third-order valence-electron chi connectivity index (χ3n) is 5.26. The van der Waals surface area contributed by atoms with Crippen molar-refractivity contribution in [3.63, 3.8) is 0 Å². The van der Waals surface area contributed by atoms with Gasteiger partial charge in [0.15, 0.2) is 12.0 Å². The maximum atomic E-state index is 12.6. The highest BCUT2D eigenvalue weighted by Crippen LogP contribution is 2.44. The quantitative estimate of drug-likeness (QED) is 0.350. The fourth-order valence-corrected chi connectivity index (χ4v) is 3.67. The van der Waals surface area contributed by atoms with Gasteiger partial charge in [-0.25, -0.2) is 0 Å². The Morgan fingerprint density at radius 1 is 1.10 bits per heavy atom. The van der Waals surface area contributed by atoms with Gasteiger partial charge in [0.2, 0.25) is 11.6 Å². The highest BCUT2D eigenvalue weighted by molar-refractivity contribution is 6.30. The van der Waals surface area contributed by atoms with E-state index in [1.165, 1.54) is 18.7 Å². The van der Waals surface area contributed by atoms with Gasteiger partial charge in [-0.1, -0.05) is 17.7 Å². The predicted octanol–water partition coefficient (Wildman–Crippen LogP) is 4.90. The van der Waals surface area contributed by atoms with Gasteiger partial charge in [0.1, 0.15) is 6.42 Å². The molecule has 0 aliphatic heterocycles. The third kappa shape index (κ3) is 4.52. The standard InChI is InChI=1S/C24H21ClN2O3/c1-15(28)16-4-8-20(9-5-16)26-24(29)13-21-10-6-18(14-27(21)30)23-12-19(25)7-11-22(23)17-2-3-17/h4-12,14,17H,2-3,13H2,1H3,(H,26,29). The molecule has 1 amide bonds. The SMILES string of the molecule is CC(=O)c1ccc(NC(=O)Cc2ccc(-c3cc(Cl)ccc3C3CC3)c[n+]2[O-])cc1. The molecule has 5 nitrogen and oxygen atoms in total. The number of halogens is 1. The molecule has 152 valence electrons. The maximum absolute atomic E-state index is 12.6. The van der Waals surface area contributed by atoms with Crippen LogP contribution in [0.5, 0.6) is 0 Å². The molecule has 0 atom stereocenters. The van der Waals surface area contributed by atoms with Gasteiger partial charge in [-0.05, 0) is 79.3 Å². The van der Waals surface area contributed by atoms with E-state index in [1.54, 1.807) is 30.3 Å². The van der Waals surface area contributed by atoms with Crippen LogP contribution in [0.25, 0.3) is 11.1 Å². The molecule has 3 aromatic rings. The number of carbonyl (C=O) groups excluding carboxylic acids is 2. The minimum Gasteiger partial charge on any atom is -0.618 e. The summed E-state index contributed by atoms with van der Waals surface area (Å²) in [4.78, 5) is 23.7. The Balaban J connectivity index is 1.49. The number of hydrogen-bond donors (Lipinski definition) is 1. The van der Waals surface area contributed by atoms with Crippen molar-refractivity contribution in [2.45, 2.75) is 32.1 Å². The Morgan fingerprint density at radius 2 is 1.83 bits per heavy atom. The van der Waals surface area contributed by atoms with E-state index in [9.17, 15) is 14.8 Å². The molecule has 6 heteroatoms. The molecule has 1 aromatic heterocycles. The number of Topliss-reactive ketones (excluding diaryl/α,β-unsaturated/α-hetero) is 1. The van der Waals surface area contributed by atoms with Gasteiger partial charge in [-0.15, -0.1) is 0 Å². The van der Waals surface area contributed by atoms with Crippen molar-refractivity contribution in [2.75, 3.05) is 5.32 Å². The lowest BCUT2D eigenvalue weighted by molar-refractivity contribution is -0.612. The van der Waals surface area contributed by atoms with E-state index in [0.29, 0.717) is 27.9 Å². The van der Waals surface area contributed by atoms with Crippen LogP contribution in [0.1, 0.15) is 47.3 Å². The number of amides is 1. The highest BCUT2D eigenvalue weighted by atomic mass is 35.5.